The van der Waals surface area contributed by atoms with Crippen LogP contribution in [0.3, 0.4) is 0 Å². The number of hydrogen-bond acceptors (Lipinski definition) is 2. The van der Waals surface area contributed by atoms with Gasteiger partial charge >= 0.3 is 0 Å². The molecule has 118 valence electrons. The molecule has 1 aromatic carbocycles. The standard InChI is InChI=1S/C17H27FN2O/c1-6-13(7-2)16(20(4)5)11-19-17(21)14-8-9-15(18)12(3)10-14/h8-10,13,16H,6-7,11H2,1-5H3,(H,19,21). The normalized spacial score (nSPS) is 12.8. The highest BCUT2D eigenvalue weighted by atomic mass is 19.1. The molecule has 3 nitrogen and oxygen atoms in total. The Morgan fingerprint density at radius 3 is 2.38 bits per heavy atom. The molecule has 0 aromatic heterocycles. The van der Waals surface area contributed by atoms with Gasteiger partial charge in [0, 0.05) is 18.2 Å². The zero-order chi connectivity index (χ0) is 16.0. The molecule has 1 amide bonds. The molecule has 21 heavy (non-hydrogen) atoms. The lowest BCUT2D eigenvalue weighted by Gasteiger charge is -2.31. The van der Waals surface area contributed by atoms with Crippen LogP contribution in [-0.4, -0.2) is 37.5 Å². The highest BCUT2D eigenvalue weighted by Gasteiger charge is 2.21. The van der Waals surface area contributed by atoms with Crippen LogP contribution in [0.2, 0.25) is 0 Å². The van der Waals surface area contributed by atoms with Gasteiger partial charge in [-0.25, -0.2) is 4.39 Å². The number of amides is 1. The van der Waals surface area contributed by atoms with E-state index < -0.39 is 0 Å². The smallest absolute Gasteiger partial charge is 0.251 e. The van der Waals surface area contributed by atoms with Crippen LogP contribution in [0.5, 0.6) is 0 Å². The molecule has 0 radical (unpaired) electrons. The first-order chi connectivity index (χ1) is 9.90. The first-order valence-corrected chi connectivity index (χ1v) is 7.61. The predicted octanol–water partition coefficient (Wildman–Crippen LogP) is 3.23. The minimum absolute atomic E-state index is 0.143. The maximum Gasteiger partial charge on any atom is 0.251 e. The molecule has 0 spiro atoms. The summed E-state index contributed by atoms with van der Waals surface area (Å²) < 4.78 is 13.2. The molecule has 0 fully saturated rings. The molecule has 0 aliphatic heterocycles. The van der Waals surface area contributed by atoms with Gasteiger partial charge in [0.15, 0.2) is 0 Å². The molecule has 0 heterocycles. The number of carbonyl (C=O) groups excluding carboxylic acids is 1. The van der Waals surface area contributed by atoms with Gasteiger partial charge in [0.25, 0.3) is 5.91 Å². The first kappa shape index (κ1) is 17.6. The second-order valence-electron chi connectivity index (χ2n) is 5.78. The van der Waals surface area contributed by atoms with E-state index in [1.165, 1.54) is 12.1 Å². The lowest BCUT2D eigenvalue weighted by atomic mass is 9.93. The van der Waals surface area contributed by atoms with Crippen LogP contribution in [0.25, 0.3) is 0 Å². The van der Waals surface area contributed by atoms with Crippen LogP contribution in [0.15, 0.2) is 18.2 Å². The number of aryl methyl sites for hydroxylation is 1. The average Bonchev–Trinajstić information content (AvgIpc) is 2.45. The van der Waals surface area contributed by atoms with E-state index in [0.717, 1.165) is 12.8 Å². The summed E-state index contributed by atoms with van der Waals surface area (Å²) in [6, 6.07) is 4.77. The molecular weight excluding hydrogens is 267 g/mol. The molecule has 1 aromatic rings. The van der Waals surface area contributed by atoms with Crippen molar-refractivity contribution in [1.29, 1.82) is 0 Å². The van der Waals surface area contributed by atoms with Crippen LogP contribution in [-0.2, 0) is 0 Å². The average molecular weight is 294 g/mol. The zero-order valence-corrected chi connectivity index (χ0v) is 13.7. The Kier molecular flexibility index (Phi) is 6.82. The van der Waals surface area contributed by atoms with Crippen molar-refractivity contribution >= 4 is 5.91 Å². The highest BCUT2D eigenvalue weighted by Crippen LogP contribution is 2.16. The molecule has 0 bridgehead atoms. The second kappa shape index (κ2) is 8.13. The van der Waals surface area contributed by atoms with Crippen molar-refractivity contribution in [2.24, 2.45) is 5.92 Å². The fourth-order valence-electron chi connectivity index (χ4n) is 2.69. The third kappa shape index (κ3) is 4.81. The van der Waals surface area contributed by atoms with Gasteiger partial charge < -0.3 is 10.2 Å². The molecular formula is C17H27FN2O. The third-order valence-electron chi connectivity index (χ3n) is 4.15. The SMILES string of the molecule is CCC(CC)C(CNC(=O)c1ccc(F)c(C)c1)N(C)C. The molecule has 0 aliphatic rings. The number of benzene rings is 1. The largest absolute Gasteiger partial charge is 0.350 e. The summed E-state index contributed by atoms with van der Waals surface area (Å²) in [6.45, 7) is 6.62. The molecule has 0 saturated carbocycles. The van der Waals surface area contributed by atoms with Crippen LogP contribution >= 0.6 is 0 Å². The van der Waals surface area contributed by atoms with E-state index >= 15 is 0 Å². The number of halogens is 1. The van der Waals surface area contributed by atoms with E-state index in [1.54, 1.807) is 13.0 Å². The third-order valence-corrected chi connectivity index (χ3v) is 4.15. The molecule has 1 unspecified atom stereocenters. The summed E-state index contributed by atoms with van der Waals surface area (Å²) in [7, 11) is 4.08. The second-order valence-corrected chi connectivity index (χ2v) is 5.78. The summed E-state index contributed by atoms with van der Waals surface area (Å²) in [4.78, 5) is 14.3. The van der Waals surface area contributed by atoms with Gasteiger partial charge in [-0.05, 0) is 50.7 Å². The summed E-state index contributed by atoms with van der Waals surface area (Å²) in [6.07, 6.45) is 2.18. The fourth-order valence-corrected chi connectivity index (χ4v) is 2.69. The zero-order valence-electron chi connectivity index (χ0n) is 13.7. The van der Waals surface area contributed by atoms with Gasteiger partial charge in [0.05, 0.1) is 0 Å². The Labute approximate surface area is 127 Å². The first-order valence-electron chi connectivity index (χ1n) is 7.61. The fraction of sp³-hybridized carbons (Fsp3) is 0.588. The maximum atomic E-state index is 13.2. The molecule has 0 saturated heterocycles. The van der Waals surface area contributed by atoms with E-state index in [-0.39, 0.29) is 11.7 Å². The maximum absolute atomic E-state index is 13.2. The van der Waals surface area contributed by atoms with Crippen LogP contribution in [0.4, 0.5) is 4.39 Å². The van der Waals surface area contributed by atoms with Crippen molar-refractivity contribution < 1.29 is 9.18 Å². The Balaban J connectivity index is 2.71. The van der Waals surface area contributed by atoms with Crippen molar-refractivity contribution in [3.05, 3.63) is 35.1 Å². The van der Waals surface area contributed by atoms with Gasteiger partial charge in [-0.3, -0.25) is 4.79 Å². The van der Waals surface area contributed by atoms with Crippen molar-refractivity contribution in [3.63, 3.8) is 0 Å². The van der Waals surface area contributed by atoms with Crippen molar-refractivity contribution in [3.8, 4) is 0 Å². The van der Waals surface area contributed by atoms with Crippen LogP contribution in [0, 0.1) is 18.7 Å². The number of nitrogens with one attached hydrogen (secondary N) is 1. The van der Waals surface area contributed by atoms with E-state index in [4.69, 9.17) is 0 Å². The Hall–Kier alpha value is -1.42. The van der Waals surface area contributed by atoms with Crippen LogP contribution in [0.1, 0.15) is 42.6 Å². The summed E-state index contributed by atoms with van der Waals surface area (Å²) in [5.74, 6) is 0.126. The number of hydrogen-bond donors (Lipinski definition) is 1. The predicted molar refractivity (Wildman–Crippen MR) is 85.0 cm³/mol. The van der Waals surface area contributed by atoms with Crippen molar-refractivity contribution in [1.82, 2.24) is 10.2 Å². The summed E-state index contributed by atoms with van der Waals surface area (Å²) in [5, 5.41) is 2.97. The lowest BCUT2D eigenvalue weighted by Crippen LogP contribution is -2.44. The Bertz CT molecular complexity index is 470. The van der Waals surface area contributed by atoms with E-state index in [2.05, 4.69) is 24.1 Å². The Morgan fingerprint density at radius 1 is 1.29 bits per heavy atom. The van der Waals surface area contributed by atoms with Crippen LogP contribution < -0.4 is 5.32 Å². The number of rotatable bonds is 7. The van der Waals surface area contributed by atoms with Gasteiger partial charge in [0.1, 0.15) is 5.82 Å². The lowest BCUT2D eigenvalue weighted by molar-refractivity contribution is 0.0928. The number of likely N-dealkylation sites (N-methyl/N-ethyl adjacent to an activating group) is 1. The van der Waals surface area contributed by atoms with E-state index in [0.29, 0.717) is 29.6 Å². The van der Waals surface area contributed by atoms with E-state index in [9.17, 15) is 9.18 Å². The van der Waals surface area contributed by atoms with Gasteiger partial charge in [0.2, 0.25) is 0 Å². The molecule has 1 rings (SSSR count). The Morgan fingerprint density at radius 2 is 1.90 bits per heavy atom. The minimum Gasteiger partial charge on any atom is -0.350 e. The van der Waals surface area contributed by atoms with Gasteiger partial charge in [-0.1, -0.05) is 26.7 Å². The molecule has 1 N–H and O–H groups in total. The van der Waals surface area contributed by atoms with Crippen molar-refractivity contribution in [2.75, 3.05) is 20.6 Å². The van der Waals surface area contributed by atoms with Gasteiger partial charge in [-0.2, -0.15) is 0 Å². The monoisotopic (exact) mass is 294 g/mol. The molecule has 4 heteroatoms. The quantitative estimate of drug-likeness (QED) is 0.837. The van der Waals surface area contributed by atoms with Crippen molar-refractivity contribution in [2.45, 2.75) is 39.7 Å². The summed E-state index contributed by atoms with van der Waals surface area (Å²) in [5.41, 5.74) is 1.00. The minimum atomic E-state index is -0.283. The number of carbonyl (C=O) groups is 1. The number of nitrogens with zero attached hydrogens (tertiary/aromatic N) is 1. The highest BCUT2D eigenvalue weighted by molar-refractivity contribution is 5.94. The topological polar surface area (TPSA) is 32.3 Å². The summed E-state index contributed by atoms with van der Waals surface area (Å²) >= 11 is 0. The van der Waals surface area contributed by atoms with E-state index in [1.807, 2.05) is 14.1 Å². The molecule has 0 aliphatic carbocycles. The van der Waals surface area contributed by atoms with Gasteiger partial charge in [-0.15, -0.1) is 0 Å². The molecule has 1 atom stereocenters.